The molecule has 1 aromatic rings. The minimum atomic E-state index is 0.430. The van der Waals surface area contributed by atoms with Gasteiger partial charge >= 0.3 is 0 Å². The average molecular weight is 261 g/mol. The Kier molecular flexibility index (Phi) is 5.37. The Balaban J connectivity index is 1.81. The van der Waals surface area contributed by atoms with E-state index in [0.29, 0.717) is 12.0 Å². The molecule has 3 N–H and O–H groups in total. The summed E-state index contributed by atoms with van der Waals surface area (Å²) in [6, 6.07) is 9.22. The molecule has 1 aromatic carbocycles. The van der Waals surface area contributed by atoms with Crippen molar-refractivity contribution in [2.24, 2.45) is 5.84 Å². The highest BCUT2D eigenvalue weighted by atomic mass is 15.2. The lowest BCUT2D eigenvalue weighted by molar-refractivity contribution is 0.272. The second-order valence-corrected chi connectivity index (χ2v) is 5.51. The van der Waals surface area contributed by atoms with Crippen LogP contribution in [-0.4, -0.2) is 30.6 Å². The Morgan fingerprint density at radius 1 is 1.32 bits per heavy atom. The van der Waals surface area contributed by atoms with Gasteiger partial charge in [-0.3, -0.25) is 11.3 Å². The molecule has 0 bridgehead atoms. The SMILES string of the molecule is CCN(CC)CCC(CC1Cc2ccccc21)NN. The molecule has 0 fully saturated rings. The van der Waals surface area contributed by atoms with Gasteiger partial charge in [0.2, 0.25) is 0 Å². The summed E-state index contributed by atoms with van der Waals surface area (Å²) in [7, 11) is 0. The fraction of sp³-hybridized carbons (Fsp3) is 0.625. The van der Waals surface area contributed by atoms with Crippen molar-refractivity contribution in [3.05, 3.63) is 35.4 Å². The van der Waals surface area contributed by atoms with Crippen molar-refractivity contribution in [3.63, 3.8) is 0 Å². The molecular formula is C16H27N3. The number of hydrazine groups is 1. The summed E-state index contributed by atoms with van der Waals surface area (Å²) in [5.41, 5.74) is 6.06. The lowest BCUT2D eigenvalue weighted by Gasteiger charge is -2.33. The van der Waals surface area contributed by atoms with Crippen LogP contribution >= 0.6 is 0 Å². The topological polar surface area (TPSA) is 41.3 Å². The highest BCUT2D eigenvalue weighted by Gasteiger charge is 2.27. The summed E-state index contributed by atoms with van der Waals surface area (Å²) >= 11 is 0. The van der Waals surface area contributed by atoms with E-state index in [4.69, 9.17) is 5.84 Å². The zero-order valence-electron chi connectivity index (χ0n) is 12.2. The molecule has 0 spiro atoms. The van der Waals surface area contributed by atoms with Gasteiger partial charge in [0, 0.05) is 6.04 Å². The van der Waals surface area contributed by atoms with Crippen LogP contribution in [0.4, 0.5) is 0 Å². The Bertz CT molecular complexity index is 387. The maximum absolute atomic E-state index is 5.72. The molecule has 0 saturated carbocycles. The number of nitrogens with one attached hydrogen (secondary N) is 1. The van der Waals surface area contributed by atoms with Gasteiger partial charge in [-0.2, -0.15) is 0 Å². The molecule has 3 heteroatoms. The highest BCUT2D eigenvalue weighted by molar-refractivity contribution is 5.39. The van der Waals surface area contributed by atoms with E-state index in [9.17, 15) is 0 Å². The van der Waals surface area contributed by atoms with Gasteiger partial charge < -0.3 is 4.90 Å². The van der Waals surface area contributed by atoms with E-state index in [1.807, 2.05) is 0 Å². The molecule has 19 heavy (non-hydrogen) atoms. The minimum absolute atomic E-state index is 0.430. The third kappa shape index (κ3) is 3.56. The van der Waals surface area contributed by atoms with Gasteiger partial charge in [-0.25, -0.2) is 0 Å². The molecule has 106 valence electrons. The van der Waals surface area contributed by atoms with Gasteiger partial charge in [0.25, 0.3) is 0 Å². The van der Waals surface area contributed by atoms with E-state index in [1.54, 1.807) is 0 Å². The number of hydrogen-bond donors (Lipinski definition) is 2. The number of hydrogen-bond acceptors (Lipinski definition) is 3. The monoisotopic (exact) mass is 261 g/mol. The summed E-state index contributed by atoms with van der Waals surface area (Å²) in [5.74, 6) is 6.42. The predicted molar refractivity (Wildman–Crippen MR) is 81.0 cm³/mol. The first-order valence-electron chi connectivity index (χ1n) is 7.54. The molecule has 0 heterocycles. The van der Waals surface area contributed by atoms with E-state index < -0.39 is 0 Å². The van der Waals surface area contributed by atoms with Crippen molar-refractivity contribution in [1.82, 2.24) is 10.3 Å². The Labute approximate surface area is 117 Å². The molecule has 0 saturated heterocycles. The van der Waals surface area contributed by atoms with E-state index in [-0.39, 0.29) is 0 Å². The average Bonchev–Trinajstić information content (AvgIpc) is 2.43. The molecule has 2 unspecified atom stereocenters. The van der Waals surface area contributed by atoms with E-state index >= 15 is 0 Å². The molecule has 2 rings (SSSR count). The van der Waals surface area contributed by atoms with Crippen molar-refractivity contribution in [1.29, 1.82) is 0 Å². The van der Waals surface area contributed by atoms with Crippen LogP contribution in [0.1, 0.15) is 43.7 Å². The zero-order chi connectivity index (χ0) is 13.7. The van der Waals surface area contributed by atoms with Gasteiger partial charge in [-0.15, -0.1) is 0 Å². The molecule has 2 atom stereocenters. The summed E-state index contributed by atoms with van der Waals surface area (Å²) in [6.07, 6.45) is 3.52. The zero-order valence-corrected chi connectivity index (χ0v) is 12.2. The second kappa shape index (κ2) is 7.04. The third-order valence-electron chi connectivity index (χ3n) is 4.45. The van der Waals surface area contributed by atoms with Crippen molar-refractivity contribution >= 4 is 0 Å². The van der Waals surface area contributed by atoms with Crippen molar-refractivity contribution < 1.29 is 0 Å². The summed E-state index contributed by atoms with van der Waals surface area (Å²) < 4.78 is 0. The second-order valence-electron chi connectivity index (χ2n) is 5.51. The molecule has 1 aliphatic rings. The van der Waals surface area contributed by atoms with E-state index in [2.05, 4.69) is 48.4 Å². The third-order valence-corrected chi connectivity index (χ3v) is 4.45. The minimum Gasteiger partial charge on any atom is -0.304 e. The normalized spacial score (nSPS) is 19.1. The number of fused-ring (bicyclic) bond motifs is 1. The smallest absolute Gasteiger partial charge is 0.0228 e. The molecule has 0 aliphatic heterocycles. The van der Waals surface area contributed by atoms with Crippen molar-refractivity contribution in [2.45, 2.75) is 45.1 Å². The van der Waals surface area contributed by atoms with Crippen LogP contribution in [0.5, 0.6) is 0 Å². The lowest BCUT2D eigenvalue weighted by atomic mass is 9.74. The summed E-state index contributed by atoms with van der Waals surface area (Å²) in [4.78, 5) is 2.46. The standard InChI is InChI=1S/C16H27N3/c1-3-19(4-2)10-9-15(18-17)12-14-11-13-7-5-6-8-16(13)14/h5-8,14-15,18H,3-4,9-12,17H2,1-2H3. The van der Waals surface area contributed by atoms with Gasteiger partial charge in [-0.05, 0) is 55.9 Å². The first-order chi connectivity index (χ1) is 9.28. The van der Waals surface area contributed by atoms with Crippen LogP contribution in [0.2, 0.25) is 0 Å². The van der Waals surface area contributed by atoms with Crippen LogP contribution in [0, 0.1) is 0 Å². The Morgan fingerprint density at radius 3 is 2.68 bits per heavy atom. The van der Waals surface area contributed by atoms with Crippen LogP contribution < -0.4 is 11.3 Å². The molecule has 0 aromatic heterocycles. The highest BCUT2D eigenvalue weighted by Crippen LogP contribution is 2.38. The lowest BCUT2D eigenvalue weighted by Crippen LogP contribution is -2.40. The quantitative estimate of drug-likeness (QED) is 0.557. The first-order valence-corrected chi connectivity index (χ1v) is 7.54. The molecule has 1 aliphatic carbocycles. The molecule has 0 amide bonds. The van der Waals surface area contributed by atoms with Crippen molar-refractivity contribution in [3.8, 4) is 0 Å². The summed E-state index contributed by atoms with van der Waals surface area (Å²) in [6.45, 7) is 7.82. The van der Waals surface area contributed by atoms with Gasteiger partial charge in [0.15, 0.2) is 0 Å². The Morgan fingerprint density at radius 2 is 2.05 bits per heavy atom. The van der Waals surface area contributed by atoms with Crippen LogP contribution in [0.25, 0.3) is 0 Å². The van der Waals surface area contributed by atoms with Crippen LogP contribution in [0.3, 0.4) is 0 Å². The predicted octanol–water partition coefficient (Wildman–Crippen LogP) is 2.28. The van der Waals surface area contributed by atoms with E-state index in [0.717, 1.165) is 32.5 Å². The largest absolute Gasteiger partial charge is 0.304 e. The first kappa shape index (κ1) is 14.5. The van der Waals surface area contributed by atoms with Gasteiger partial charge in [0.05, 0.1) is 0 Å². The van der Waals surface area contributed by atoms with Gasteiger partial charge in [-0.1, -0.05) is 38.1 Å². The number of benzene rings is 1. The number of nitrogens with two attached hydrogens (primary N) is 1. The fourth-order valence-electron chi connectivity index (χ4n) is 3.06. The van der Waals surface area contributed by atoms with Crippen molar-refractivity contribution in [2.75, 3.05) is 19.6 Å². The maximum Gasteiger partial charge on any atom is 0.0228 e. The molecular weight excluding hydrogens is 234 g/mol. The molecule has 0 radical (unpaired) electrons. The Hall–Kier alpha value is -0.900. The van der Waals surface area contributed by atoms with Crippen LogP contribution in [0.15, 0.2) is 24.3 Å². The van der Waals surface area contributed by atoms with Gasteiger partial charge in [0.1, 0.15) is 0 Å². The number of nitrogens with zero attached hydrogens (tertiary/aromatic N) is 1. The van der Waals surface area contributed by atoms with Crippen LogP contribution in [-0.2, 0) is 6.42 Å². The number of rotatable bonds is 8. The fourth-order valence-corrected chi connectivity index (χ4v) is 3.06. The summed E-state index contributed by atoms with van der Waals surface area (Å²) in [5, 5.41) is 0. The molecule has 3 nitrogen and oxygen atoms in total. The van der Waals surface area contributed by atoms with E-state index in [1.165, 1.54) is 17.5 Å². The maximum atomic E-state index is 5.72.